The fraction of sp³-hybridized carbons (Fsp3) is 0.923. The average Bonchev–Trinajstić information content (AvgIpc) is 2.14. The molecule has 1 atom stereocenters. The Morgan fingerprint density at radius 2 is 1.88 bits per heavy atom. The summed E-state index contributed by atoms with van der Waals surface area (Å²) >= 11 is 0. The van der Waals surface area contributed by atoms with Crippen molar-refractivity contribution >= 4 is 5.97 Å². The van der Waals surface area contributed by atoms with Gasteiger partial charge in [0.15, 0.2) is 0 Å². The highest BCUT2D eigenvalue weighted by Crippen LogP contribution is 2.38. The lowest BCUT2D eigenvalue weighted by atomic mass is 9.69. The molecule has 3 N–H and O–H groups in total. The minimum absolute atomic E-state index is 0.109. The van der Waals surface area contributed by atoms with Gasteiger partial charge in [0.05, 0.1) is 6.42 Å². The molecule has 3 nitrogen and oxygen atoms in total. The van der Waals surface area contributed by atoms with E-state index in [9.17, 15) is 4.79 Å². The molecule has 1 unspecified atom stereocenters. The van der Waals surface area contributed by atoms with Gasteiger partial charge in [-0.15, -0.1) is 0 Å². The molecule has 94 valence electrons. The molecule has 0 aliphatic heterocycles. The van der Waals surface area contributed by atoms with E-state index in [2.05, 4.69) is 6.92 Å². The van der Waals surface area contributed by atoms with Gasteiger partial charge in [0.25, 0.3) is 0 Å². The molecule has 1 fully saturated rings. The molecule has 0 amide bonds. The van der Waals surface area contributed by atoms with E-state index in [-0.39, 0.29) is 17.9 Å². The van der Waals surface area contributed by atoms with Crippen LogP contribution < -0.4 is 5.73 Å². The molecule has 1 aliphatic carbocycles. The lowest BCUT2D eigenvalue weighted by Gasteiger charge is -2.39. The van der Waals surface area contributed by atoms with Gasteiger partial charge < -0.3 is 10.8 Å². The molecule has 0 aromatic carbocycles. The molecule has 0 heterocycles. The Balaban J connectivity index is 2.65. The molecule has 3 heteroatoms. The number of rotatable bonds is 4. The molecule has 0 bridgehead atoms. The Morgan fingerprint density at radius 3 is 2.25 bits per heavy atom. The van der Waals surface area contributed by atoms with Crippen molar-refractivity contribution in [1.82, 2.24) is 0 Å². The van der Waals surface area contributed by atoms with Crippen molar-refractivity contribution in [3.8, 4) is 0 Å². The van der Waals surface area contributed by atoms with Crippen LogP contribution in [0.15, 0.2) is 0 Å². The van der Waals surface area contributed by atoms with Crippen LogP contribution in [0.25, 0.3) is 0 Å². The van der Waals surface area contributed by atoms with E-state index >= 15 is 0 Å². The maximum atomic E-state index is 10.9. The predicted octanol–water partition coefficient (Wildman–Crippen LogP) is 2.64. The summed E-state index contributed by atoms with van der Waals surface area (Å²) < 4.78 is 0. The summed E-state index contributed by atoms with van der Waals surface area (Å²) in [4.78, 5) is 10.9. The standard InChI is InChI=1S/C13H25NO2/c1-9-4-6-10(7-5-9)11(8-12(15)16)13(2,3)14/h9-11H,4-8,14H2,1-3H3,(H,15,16). The summed E-state index contributed by atoms with van der Waals surface area (Å²) in [6, 6.07) is 0. The van der Waals surface area contributed by atoms with Crippen molar-refractivity contribution in [2.75, 3.05) is 0 Å². The Kier molecular flexibility index (Phi) is 4.36. The van der Waals surface area contributed by atoms with Crippen LogP contribution in [0.3, 0.4) is 0 Å². The number of carbonyl (C=O) groups is 1. The number of nitrogens with two attached hydrogens (primary N) is 1. The first kappa shape index (κ1) is 13.5. The summed E-state index contributed by atoms with van der Waals surface area (Å²) in [5.41, 5.74) is 5.74. The van der Waals surface area contributed by atoms with Gasteiger partial charge in [-0.25, -0.2) is 0 Å². The van der Waals surface area contributed by atoms with Gasteiger partial charge in [0.1, 0.15) is 0 Å². The zero-order valence-electron chi connectivity index (χ0n) is 10.7. The third-order valence-corrected chi connectivity index (χ3v) is 3.98. The predicted molar refractivity (Wildman–Crippen MR) is 65.1 cm³/mol. The summed E-state index contributed by atoms with van der Waals surface area (Å²) in [6.07, 6.45) is 4.93. The first-order valence-corrected chi connectivity index (χ1v) is 6.31. The van der Waals surface area contributed by atoms with Crippen LogP contribution >= 0.6 is 0 Å². The van der Waals surface area contributed by atoms with E-state index in [1.165, 1.54) is 12.8 Å². The number of hydrogen-bond donors (Lipinski definition) is 2. The smallest absolute Gasteiger partial charge is 0.303 e. The van der Waals surface area contributed by atoms with Gasteiger partial charge in [-0.1, -0.05) is 19.8 Å². The highest BCUT2D eigenvalue weighted by molar-refractivity contribution is 5.67. The van der Waals surface area contributed by atoms with Crippen LogP contribution in [0.4, 0.5) is 0 Å². The van der Waals surface area contributed by atoms with Crippen LogP contribution in [-0.2, 0) is 4.79 Å². The molecular formula is C13H25NO2. The van der Waals surface area contributed by atoms with E-state index < -0.39 is 5.97 Å². The van der Waals surface area contributed by atoms with Crippen molar-refractivity contribution in [2.24, 2.45) is 23.5 Å². The molecule has 0 aromatic rings. The van der Waals surface area contributed by atoms with E-state index in [0.717, 1.165) is 18.8 Å². The summed E-state index contributed by atoms with van der Waals surface area (Å²) in [5.74, 6) is 0.676. The van der Waals surface area contributed by atoms with Crippen LogP contribution in [-0.4, -0.2) is 16.6 Å². The van der Waals surface area contributed by atoms with Crippen molar-refractivity contribution in [3.05, 3.63) is 0 Å². The Morgan fingerprint density at radius 1 is 1.38 bits per heavy atom. The molecule has 1 aliphatic rings. The third-order valence-electron chi connectivity index (χ3n) is 3.98. The quantitative estimate of drug-likeness (QED) is 0.776. The lowest BCUT2D eigenvalue weighted by Crippen LogP contribution is -2.46. The summed E-state index contributed by atoms with van der Waals surface area (Å²) in [5, 5.41) is 8.97. The van der Waals surface area contributed by atoms with Crippen molar-refractivity contribution < 1.29 is 9.90 Å². The number of carboxylic acid groups (broad SMARTS) is 1. The van der Waals surface area contributed by atoms with Crippen LogP contribution in [0.1, 0.15) is 52.9 Å². The second-order valence-corrected chi connectivity index (χ2v) is 6.05. The first-order valence-electron chi connectivity index (χ1n) is 6.31. The molecule has 1 saturated carbocycles. The van der Waals surface area contributed by atoms with Crippen LogP contribution in [0.2, 0.25) is 0 Å². The van der Waals surface area contributed by atoms with Gasteiger partial charge in [0.2, 0.25) is 0 Å². The lowest BCUT2D eigenvalue weighted by molar-refractivity contribution is -0.139. The molecule has 1 rings (SSSR count). The zero-order valence-corrected chi connectivity index (χ0v) is 10.7. The fourth-order valence-electron chi connectivity index (χ4n) is 2.91. The van der Waals surface area contributed by atoms with Crippen molar-refractivity contribution in [2.45, 2.75) is 58.4 Å². The first-order chi connectivity index (χ1) is 7.30. The Bertz CT molecular complexity index is 237. The van der Waals surface area contributed by atoms with E-state index in [1.807, 2.05) is 13.8 Å². The molecule has 0 radical (unpaired) electrons. The third kappa shape index (κ3) is 3.78. The fourth-order valence-corrected chi connectivity index (χ4v) is 2.91. The monoisotopic (exact) mass is 227 g/mol. The second-order valence-electron chi connectivity index (χ2n) is 6.05. The van der Waals surface area contributed by atoms with Gasteiger partial charge >= 0.3 is 5.97 Å². The van der Waals surface area contributed by atoms with Gasteiger partial charge in [0, 0.05) is 5.54 Å². The molecule has 0 spiro atoms. The van der Waals surface area contributed by atoms with Gasteiger partial charge in [-0.2, -0.15) is 0 Å². The topological polar surface area (TPSA) is 63.3 Å². The number of aliphatic carboxylic acids is 1. The van der Waals surface area contributed by atoms with Crippen molar-refractivity contribution in [3.63, 3.8) is 0 Å². The minimum atomic E-state index is -0.720. The Labute approximate surface area is 98.4 Å². The molecule has 16 heavy (non-hydrogen) atoms. The molecule has 0 aromatic heterocycles. The van der Waals surface area contributed by atoms with E-state index in [1.54, 1.807) is 0 Å². The minimum Gasteiger partial charge on any atom is -0.481 e. The maximum Gasteiger partial charge on any atom is 0.303 e. The second kappa shape index (κ2) is 5.17. The number of carboxylic acids is 1. The SMILES string of the molecule is CC1CCC(C(CC(=O)O)C(C)(C)N)CC1. The highest BCUT2D eigenvalue weighted by atomic mass is 16.4. The zero-order chi connectivity index (χ0) is 12.3. The van der Waals surface area contributed by atoms with E-state index in [4.69, 9.17) is 10.8 Å². The molecule has 0 saturated heterocycles. The average molecular weight is 227 g/mol. The molecular weight excluding hydrogens is 202 g/mol. The normalized spacial score (nSPS) is 28.8. The highest BCUT2D eigenvalue weighted by Gasteiger charge is 2.35. The van der Waals surface area contributed by atoms with Crippen LogP contribution in [0.5, 0.6) is 0 Å². The largest absolute Gasteiger partial charge is 0.481 e. The summed E-state index contributed by atoms with van der Waals surface area (Å²) in [6.45, 7) is 6.19. The Hall–Kier alpha value is -0.570. The van der Waals surface area contributed by atoms with Crippen molar-refractivity contribution in [1.29, 1.82) is 0 Å². The van der Waals surface area contributed by atoms with Gasteiger partial charge in [-0.3, -0.25) is 4.79 Å². The van der Waals surface area contributed by atoms with Crippen LogP contribution in [0, 0.1) is 17.8 Å². The summed E-state index contributed by atoms with van der Waals surface area (Å²) in [7, 11) is 0. The van der Waals surface area contributed by atoms with Gasteiger partial charge in [-0.05, 0) is 44.4 Å². The number of hydrogen-bond acceptors (Lipinski definition) is 2. The van der Waals surface area contributed by atoms with E-state index in [0.29, 0.717) is 5.92 Å². The maximum absolute atomic E-state index is 10.9.